The standard InChI is InChI=1S/C27H27NO6/c1-28(15-17-8-6-5-7-9-17)16-20-21(29)11-10-19-25(30)22(34-26(19)20)12-18-13-23(31-2)27(33-4)24(14-18)32-3/h5-14,29H,15-16H2,1-4H3/p+1/b22-12-. The van der Waals surface area contributed by atoms with Crippen molar-refractivity contribution in [1.29, 1.82) is 0 Å². The van der Waals surface area contributed by atoms with Gasteiger partial charge in [0.05, 0.1) is 39.5 Å². The van der Waals surface area contributed by atoms with E-state index in [2.05, 4.69) is 12.1 Å². The first-order valence-electron chi connectivity index (χ1n) is 10.9. The lowest BCUT2D eigenvalue weighted by Gasteiger charge is -2.16. The molecule has 1 heterocycles. The third-order valence-corrected chi connectivity index (χ3v) is 5.73. The summed E-state index contributed by atoms with van der Waals surface area (Å²) in [5.41, 5.74) is 2.88. The molecule has 0 saturated heterocycles. The van der Waals surface area contributed by atoms with E-state index in [0.29, 0.717) is 46.2 Å². The molecule has 0 spiro atoms. The molecule has 0 saturated carbocycles. The van der Waals surface area contributed by atoms with E-state index in [4.69, 9.17) is 18.9 Å². The molecule has 1 unspecified atom stereocenters. The number of nitrogens with one attached hydrogen (secondary N) is 1. The molecular weight excluding hydrogens is 434 g/mol. The fourth-order valence-corrected chi connectivity index (χ4v) is 4.11. The summed E-state index contributed by atoms with van der Waals surface area (Å²) in [6.07, 6.45) is 1.63. The molecule has 1 aliphatic rings. The van der Waals surface area contributed by atoms with Gasteiger partial charge in [-0.15, -0.1) is 0 Å². The van der Waals surface area contributed by atoms with Gasteiger partial charge in [0.25, 0.3) is 0 Å². The third kappa shape index (κ3) is 4.56. The van der Waals surface area contributed by atoms with Gasteiger partial charge < -0.3 is 29.0 Å². The van der Waals surface area contributed by atoms with Crippen molar-refractivity contribution in [2.24, 2.45) is 0 Å². The highest BCUT2D eigenvalue weighted by Crippen LogP contribution is 2.41. The van der Waals surface area contributed by atoms with Crippen molar-refractivity contribution in [3.63, 3.8) is 0 Å². The molecule has 3 aromatic carbocycles. The quantitative estimate of drug-likeness (QED) is 0.501. The van der Waals surface area contributed by atoms with Crippen LogP contribution in [0.5, 0.6) is 28.7 Å². The van der Waals surface area contributed by atoms with Crippen LogP contribution in [0.15, 0.2) is 60.4 Å². The summed E-state index contributed by atoms with van der Waals surface area (Å²) in [5, 5.41) is 10.6. The number of hydrogen-bond donors (Lipinski definition) is 2. The summed E-state index contributed by atoms with van der Waals surface area (Å²) >= 11 is 0. The van der Waals surface area contributed by atoms with Gasteiger partial charge in [0.15, 0.2) is 23.0 Å². The number of aromatic hydroxyl groups is 1. The van der Waals surface area contributed by atoms with Crippen LogP contribution in [0.1, 0.15) is 27.0 Å². The first-order chi connectivity index (χ1) is 16.4. The number of ether oxygens (including phenoxy) is 4. The van der Waals surface area contributed by atoms with E-state index >= 15 is 0 Å². The number of phenolic OH excluding ortho intramolecular Hbond substituents is 1. The third-order valence-electron chi connectivity index (χ3n) is 5.73. The zero-order valence-corrected chi connectivity index (χ0v) is 19.7. The van der Waals surface area contributed by atoms with Crippen LogP contribution in [0.4, 0.5) is 0 Å². The van der Waals surface area contributed by atoms with Gasteiger partial charge in [0, 0.05) is 5.56 Å². The van der Waals surface area contributed by atoms with Gasteiger partial charge in [-0.3, -0.25) is 4.79 Å². The summed E-state index contributed by atoms with van der Waals surface area (Å²) in [6.45, 7) is 1.26. The van der Waals surface area contributed by atoms with Crippen LogP contribution >= 0.6 is 0 Å². The minimum absolute atomic E-state index is 0.105. The van der Waals surface area contributed by atoms with E-state index < -0.39 is 0 Å². The van der Waals surface area contributed by atoms with E-state index in [1.807, 2.05) is 25.2 Å². The number of ketones is 1. The first-order valence-corrected chi connectivity index (χ1v) is 10.9. The topological polar surface area (TPSA) is 78.7 Å². The summed E-state index contributed by atoms with van der Waals surface area (Å²) < 4.78 is 22.2. The Labute approximate surface area is 198 Å². The van der Waals surface area contributed by atoms with Crippen LogP contribution in [0, 0.1) is 0 Å². The van der Waals surface area contributed by atoms with Crippen molar-refractivity contribution in [1.82, 2.24) is 0 Å². The number of allylic oxidation sites excluding steroid dienone is 1. The zero-order valence-electron chi connectivity index (χ0n) is 19.7. The minimum Gasteiger partial charge on any atom is -0.507 e. The second kappa shape index (κ2) is 9.89. The molecule has 0 aliphatic carbocycles. The van der Waals surface area contributed by atoms with Gasteiger partial charge in [0.2, 0.25) is 11.5 Å². The van der Waals surface area contributed by atoms with Crippen LogP contribution in [0.3, 0.4) is 0 Å². The number of fused-ring (bicyclic) bond motifs is 1. The van der Waals surface area contributed by atoms with Crippen molar-refractivity contribution in [3.05, 3.63) is 82.6 Å². The van der Waals surface area contributed by atoms with E-state index in [0.717, 1.165) is 11.4 Å². The number of carbonyl (C=O) groups is 1. The van der Waals surface area contributed by atoms with Crippen molar-refractivity contribution in [2.45, 2.75) is 13.1 Å². The Bertz CT molecular complexity index is 1210. The van der Waals surface area contributed by atoms with E-state index in [1.54, 1.807) is 30.3 Å². The number of phenols is 1. The van der Waals surface area contributed by atoms with Crippen molar-refractivity contribution in [3.8, 4) is 28.7 Å². The first kappa shape index (κ1) is 23.2. The second-order valence-corrected chi connectivity index (χ2v) is 8.13. The number of Topliss-reactive ketones (excluding diaryl/α,β-unsaturated/α-hetero) is 1. The number of benzene rings is 3. The van der Waals surface area contributed by atoms with Gasteiger partial charge in [0.1, 0.15) is 18.8 Å². The van der Waals surface area contributed by atoms with Gasteiger partial charge in [-0.2, -0.15) is 0 Å². The lowest BCUT2D eigenvalue weighted by Crippen LogP contribution is -3.06. The van der Waals surface area contributed by atoms with Crippen LogP contribution < -0.4 is 23.8 Å². The molecule has 7 nitrogen and oxygen atoms in total. The molecule has 0 fully saturated rings. The average molecular weight is 463 g/mol. The number of carbonyl (C=O) groups excluding carboxylic acids is 1. The van der Waals surface area contributed by atoms with E-state index in [1.165, 1.54) is 26.9 Å². The lowest BCUT2D eigenvalue weighted by molar-refractivity contribution is -0.907. The van der Waals surface area contributed by atoms with Gasteiger partial charge in [-0.1, -0.05) is 30.3 Å². The molecule has 34 heavy (non-hydrogen) atoms. The second-order valence-electron chi connectivity index (χ2n) is 8.13. The fraction of sp³-hybridized carbons (Fsp3) is 0.222. The molecular formula is C27H28NO6+. The molecule has 3 aromatic rings. The molecule has 176 valence electrons. The Morgan fingerprint density at radius 2 is 1.62 bits per heavy atom. The van der Waals surface area contributed by atoms with Crippen LogP contribution in [0.25, 0.3) is 6.08 Å². The smallest absolute Gasteiger partial charge is 0.231 e. The Morgan fingerprint density at radius 3 is 2.24 bits per heavy atom. The SMILES string of the molecule is COc1cc(/C=C2\Oc3c(ccc(O)c3C[NH+](C)Cc3ccccc3)C2=O)cc(OC)c1OC. The van der Waals surface area contributed by atoms with E-state index in [-0.39, 0.29) is 17.3 Å². The van der Waals surface area contributed by atoms with Gasteiger partial charge >= 0.3 is 0 Å². The highest BCUT2D eigenvalue weighted by molar-refractivity contribution is 6.15. The minimum atomic E-state index is -0.245. The Hall–Kier alpha value is -3.97. The molecule has 2 N–H and O–H groups in total. The van der Waals surface area contributed by atoms with Crippen LogP contribution in [-0.4, -0.2) is 39.3 Å². The van der Waals surface area contributed by atoms with Crippen LogP contribution in [0.2, 0.25) is 0 Å². The van der Waals surface area contributed by atoms with Gasteiger partial charge in [-0.25, -0.2) is 0 Å². The normalized spacial score (nSPS) is 14.5. The predicted octanol–water partition coefficient (Wildman–Crippen LogP) is 3.25. The number of quaternary nitrogens is 1. The van der Waals surface area contributed by atoms with Crippen LogP contribution in [-0.2, 0) is 13.1 Å². The maximum Gasteiger partial charge on any atom is 0.231 e. The number of methoxy groups -OCH3 is 3. The summed E-state index contributed by atoms with van der Waals surface area (Å²) in [6, 6.07) is 16.7. The molecule has 0 radical (unpaired) electrons. The van der Waals surface area contributed by atoms with Crippen molar-refractivity contribution >= 4 is 11.9 Å². The van der Waals surface area contributed by atoms with Crippen molar-refractivity contribution < 1.29 is 33.7 Å². The number of hydrogen-bond acceptors (Lipinski definition) is 6. The molecule has 4 rings (SSSR count). The summed E-state index contributed by atoms with van der Waals surface area (Å²) in [7, 11) is 6.63. The lowest BCUT2D eigenvalue weighted by atomic mass is 10.0. The Morgan fingerprint density at radius 1 is 0.941 bits per heavy atom. The molecule has 7 heteroatoms. The van der Waals surface area contributed by atoms with Gasteiger partial charge in [-0.05, 0) is 35.9 Å². The molecule has 1 aliphatic heterocycles. The maximum absolute atomic E-state index is 13.1. The zero-order chi connectivity index (χ0) is 24.2. The fourth-order valence-electron chi connectivity index (χ4n) is 4.11. The largest absolute Gasteiger partial charge is 0.507 e. The van der Waals surface area contributed by atoms with E-state index in [9.17, 15) is 9.90 Å². The maximum atomic E-state index is 13.1. The highest BCUT2D eigenvalue weighted by atomic mass is 16.5. The molecule has 0 amide bonds. The molecule has 0 aromatic heterocycles. The molecule has 0 bridgehead atoms. The molecule has 1 atom stereocenters. The monoisotopic (exact) mass is 462 g/mol. The highest BCUT2D eigenvalue weighted by Gasteiger charge is 2.32. The number of rotatable bonds is 8. The summed E-state index contributed by atoms with van der Waals surface area (Å²) in [4.78, 5) is 14.3. The Balaban J connectivity index is 1.64. The van der Waals surface area contributed by atoms with Crippen molar-refractivity contribution in [2.75, 3.05) is 28.4 Å². The average Bonchev–Trinajstić information content (AvgIpc) is 3.16. The Kier molecular flexibility index (Phi) is 6.75. The predicted molar refractivity (Wildman–Crippen MR) is 128 cm³/mol. The summed E-state index contributed by atoms with van der Waals surface area (Å²) in [5.74, 6) is 1.83.